The Morgan fingerprint density at radius 2 is 2.60 bits per heavy atom. The molecule has 0 radical (unpaired) electrons. The average Bonchev–Trinajstić information content (AvgIpc) is 1.41. The number of hydrogen-bond donors (Lipinski definition) is 1. The van der Waals surface area contributed by atoms with Gasteiger partial charge in [0.05, 0.1) is 0 Å². The molecule has 5 heavy (non-hydrogen) atoms. The van der Waals surface area contributed by atoms with Crippen molar-refractivity contribution in [2.24, 2.45) is 0 Å². The Kier molecular flexibility index (Phi) is 4.44. The summed E-state index contributed by atoms with van der Waals surface area (Å²) in [5.74, 6) is 0. The molecule has 0 aromatic rings. The fourth-order valence-electron chi connectivity index (χ4n) is 0.0546. The van der Waals surface area contributed by atoms with E-state index in [9.17, 15) is 3.89 Å². The van der Waals surface area contributed by atoms with Crippen LogP contribution in [-0.2, 0) is 0 Å². The van der Waals surface area contributed by atoms with Crippen LogP contribution in [0.15, 0.2) is 0 Å². The van der Waals surface area contributed by atoms with Crippen LogP contribution in [0, 0.1) is 0 Å². The highest BCUT2D eigenvalue weighted by Gasteiger charge is 1.68. The molecule has 0 rings (SSSR count). The second kappa shape index (κ2) is 4.24. The van der Waals surface area contributed by atoms with Crippen LogP contribution >= 0.6 is 12.3 Å². The van der Waals surface area contributed by atoms with Gasteiger partial charge in [-0.3, -0.25) is 0 Å². The molecule has 1 nitrogen and oxygen atoms in total. The topological polar surface area (TPSA) is 12.0 Å². The van der Waals surface area contributed by atoms with Gasteiger partial charge in [0, 0.05) is 6.54 Å². The zero-order valence-corrected chi connectivity index (χ0v) is 3.81. The van der Waals surface area contributed by atoms with Gasteiger partial charge in [-0.15, -0.1) is 3.89 Å². The maximum absolute atomic E-state index is 10.8. The second-order valence-corrected chi connectivity index (χ2v) is 1.02. The van der Waals surface area contributed by atoms with Crippen molar-refractivity contribution >= 4 is 12.3 Å². The number of rotatable bonds is 2. The molecule has 0 fully saturated rings. The largest absolute Gasteiger partial charge is 0.236 e. The molecule has 0 aliphatic carbocycles. The predicted molar refractivity (Wildman–Crippen MR) is 22.4 cm³/mol. The van der Waals surface area contributed by atoms with E-state index in [-0.39, 0.29) is 12.3 Å². The fourth-order valence-corrected chi connectivity index (χ4v) is 0.164. The molecule has 3 heteroatoms. The minimum Gasteiger partial charge on any atom is -0.236 e. The average molecular weight is 95.1 g/mol. The highest BCUT2D eigenvalue weighted by molar-refractivity contribution is 7.92. The van der Waals surface area contributed by atoms with E-state index in [0.29, 0.717) is 6.54 Å². The molecule has 0 bridgehead atoms. The summed E-state index contributed by atoms with van der Waals surface area (Å²) in [5, 5.41) is 0. The highest BCUT2D eigenvalue weighted by Crippen LogP contribution is 1.87. The van der Waals surface area contributed by atoms with Gasteiger partial charge in [0.15, 0.2) is 0 Å². The SMILES string of the molecule is CCNSF. The maximum atomic E-state index is 10.8. The molecule has 0 aromatic heterocycles. The Morgan fingerprint density at radius 1 is 2.00 bits per heavy atom. The van der Waals surface area contributed by atoms with Gasteiger partial charge in [-0.25, -0.2) is 4.72 Å². The normalized spacial score (nSPS) is 8.40. The first kappa shape index (κ1) is 5.24. The lowest BCUT2D eigenvalue weighted by Crippen LogP contribution is -1.95. The van der Waals surface area contributed by atoms with Crippen LogP contribution in [0.3, 0.4) is 0 Å². The van der Waals surface area contributed by atoms with Crippen LogP contribution in [0.1, 0.15) is 6.92 Å². The first-order chi connectivity index (χ1) is 2.41. The lowest BCUT2D eigenvalue weighted by atomic mass is 10.8. The van der Waals surface area contributed by atoms with Crippen LogP contribution in [0.5, 0.6) is 0 Å². The first-order valence-corrected chi connectivity index (χ1v) is 2.14. The molecule has 0 amide bonds. The predicted octanol–water partition coefficient (Wildman–Crippen LogP) is 1.13. The number of nitrogens with one attached hydrogen (secondary N) is 1. The van der Waals surface area contributed by atoms with E-state index in [4.69, 9.17) is 0 Å². The van der Waals surface area contributed by atoms with Gasteiger partial charge in [0.25, 0.3) is 0 Å². The molecule has 0 aromatic carbocycles. The summed E-state index contributed by atoms with van der Waals surface area (Å²) >= 11 is 0.152. The molecule has 0 saturated carbocycles. The Bertz CT molecular complexity index is 17.1. The second-order valence-electron chi connectivity index (χ2n) is 0.575. The van der Waals surface area contributed by atoms with Crippen LogP contribution in [-0.4, -0.2) is 6.54 Å². The van der Waals surface area contributed by atoms with E-state index in [1.54, 1.807) is 0 Å². The summed E-state index contributed by atoms with van der Waals surface area (Å²) in [4.78, 5) is 0. The maximum Gasteiger partial charge on any atom is 0.131 e. The third-order valence-electron chi connectivity index (χ3n) is 0.199. The molecule has 0 saturated heterocycles. The summed E-state index contributed by atoms with van der Waals surface area (Å²) in [6, 6.07) is 0. The molecule has 0 spiro atoms. The third-order valence-corrected chi connectivity index (χ3v) is 0.597. The summed E-state index contributed by atoms with van der Waals surface area (Å²) < 4.78 is 13.2. The van der Waals surface area contributed by atoms with Gasteiger partial charge < -0.3 is 0 Å². The monoisotopic (exact) mass is 95.0 g/mol. The van der Waals surface area contributed by atoms with Crippen molar-refractivity contribution in [3.05, 3.63) is 0 Å². The number of hydrogen-bond acceptors (Lipinski definition) is 2. The highest BCUT2D eigenvalue weighted by atomic mass is 32.2. The van der Waals surface area contributed by atoms with E-state index in [1.165, 1.54) is 0 Å². The third kappa shape index (κ3) is 4.24. The quantitative estimate of drug-likeness (QED) is 0.516. The van der Waals surface area contributed by atoms with Crippen molar-refractivity contribution < 1.29 is 3.89 Å². The van der Waals surface area contributed by atoms with Crippen LogP contribution in [0.2, 0.25) is 0 Å². The summed E-state index contributed by atoms with van der Waals surface area (Å²) in [5.41, 5.74) is 0. The van der Waals surface area contributed by atoms with Crippen molar-refractivity contribution in [1.29, 1.82) is 0 Å². The molecule has 0 unspecified atom stereocenters. The minimum absolute atomic E-state index is 0.152. The van der Waals surface area contributed by atoms with Crippen molar-refractivity contribution in [1.82, 2.24) is 4.72 Å². The van der Waals surface area contributed by atoms with E-state index in [2.05, 4.69) is 4.72 Å². The van der Waals surface area contributed by atoms with Crippen LogP contribution in [0.4, 0.5) is 3.89 Å². The van der Waals surface area contributed by atoms with E-state index < -0.39 is 0 Å². The standard InChI is InChI=1S/C2H6FNS/c1-2-4-5-3/h4H,2H2,1H3. The lowest BCUT2D eigenvalue weighted by Gasteiger charge is -1.80. The summed E-state index contributed by atoms with van der Waals surface area (Å²) in [6.45, 7) is 2.52. The Labute approximate surface area is 35.4 Å². The molecule has 0 atom stereocenters. The van der Waals surface area contributed by atoms with Gasteiger partial charge in [0.1, 0.15) is 12.3 Å². The van der Waals surface area contributed by atoms with Gasteiger partial charge >= 0.3 is 0 Å². The Morgan fingerprint density at radius 3 is 2.60 bits per heavy atom. The van der Waals surface area contributed by atoms with E-state index in [1.807, 2.05) is 6.92 Å². The van der Waals surface area contributed by atoms with Gasteiger partial charge in [-0.05, 0) is 0 Å². The van der Waals surface area contributed by atoms with E-state index in [0.717, 1.165) is 0 Å². The number of halogens is 1. The lowest BCUT2D eigenvalue weighted by molar-refractivity contribution is 0.891. The molecule has 0 heterocycles. The van der Waals surface area contributed by atoms with Gasteiger partial charge in [-0.2, -0.15) is 0 Å². The smallest absolute Gasteiger partial charge is 0.131 e. The zero-order chi connectivity index (χ0) is 4.12. The molecule has 32 valence electrons. The van der Waals surface area contributed by atoms with Gasteiger partial charge in [0.2, 0.25) is 0 Å². The molecular formula is C2H6FNS. The Hall–Kier alpha value is 0.240. The van der Waals surface area contributed by atoms with Crippen molar-refractivity contribution in [2.45, 2.75) is 6.92 Å². The van der Waals surface area contributed by atoms with Crippen molar-refractivity contribution in [3.8, 4) is 0 Å². The van der Waals surface area contributed by atoms with Crippen molar-refractivity contribution in [3.63, 3.8) is 0 Å². The molecule has 0 aliphatic heterocycles. The first-order valence-electron chi connectivity index (χ1n) is 1.42. The molecular weight excluding hydrogens is 89.1 g/mol. The summed E-state index contributed by atoms with van der Waals surface area (Å²) in [6.07, 6.45) is 0. The van der Waals surface area contributed by atoms with Crippen molar-refractivity contribution in [2.75, 3.05) is 6.54 Å². The molecule has 1 N–H and O–H groups in total. The van der Waals surface area contributed by atoms with Crippen LogP contribution < -0.4 is 4.72 Å². The Balaban J connectivity index is 2.19. The van der Waals surface area contributed by atoms with Gasteiger partial charge in [-0.1, -0.05) is 6.92 Å². The van der Waals surface area contributed by atoms with Crippen LogP contribution in [0.25, 0.3) is 0 Å². The summed E-state index contributed by atoms with van der Waals surface area (Å²) in [7, 11) is 0. The zero-order valence-electron chi connectivity index (χ0n) is 2.99. The minimum atomic E-state index is 0.152. The van der Waals surface area contributed by atoms with E-state index >= 15 is 0 Å². The fraction of sp³-hybridized carbons (Fsp3) is 1.00. The molecule has 0 aliphatic rings.